The van der Waals surface area contributed by atoms with Crippen LogP contribution in [0.25, 0.3) is 11.0 Å². The molecule has 2 aromatic carbocycles. The fourth-order valence-corrected chi connectivity index (χ4v) is 3.40. The topological polar surface area (TPSA) is 69.3 Å². The molecule has 0 unspecified atom stereocenters. The minimum atomic E-state index is -0.0164. The van der Waals surface area contributed by atoms with Crippen molar-refractivity contribution in [2.45, 2.75) is 0 Å². The van der Waals surface area contributed by atoms with Gasteiger partial charge in [0.05, 0.1) is 17.4 Å². The van der Waals surface area contributed by atoms with E-state index in [0.29, 0.717) is 37.3 Å². The average molecular weight is 413 g/mol. The number of nitrogens with one attached hydrogen (secondary N) is 1. The smallest absolute Gasteiger partial charge is 0.254 e. The lowest BCUT2D eigenvalue weighted by atomic mass is 10.1. The van der Waals surface area contributed by atoms with Crippen LogP contribution in [0.5, 0.6) is 0 Å². The van der Waals surface area contributed by atoms with Crippen molar-refractivity contribution in [3.8, 4) is 0 Å². The molecule has 7 heteroatoms. The zero-order valence-corrected chi connectivity index (χ0v) is 15.6. The predicted octanol–water partition coefficient (Wildman–Crippen LogP) is 2.92. The number of carbonyl (C=O) groups is 2. The summed E-state index contributed by atoms with van der Waals surface area (Å²) >= 11 is 3.37. The molecule has 0 bridgehead atoms. The molecule has 0 aliphatic carbocycles. The maximum Gasteiger partial charge on any atom is 0.254 e. The summed E-state index contributed by atoms with van der Waals surface area (Å²) in [5.41, 5.74) is 2.98. The van der Waals surface area contributed by atoms with Crippen LogP contribution in [0.3, 0.4) is 0 Å². The van der Waals surface area contributed by atoms with E-state index in [1.54, 1.807) is 22.2 Å². The number of aromatic nitrogens is 2. The van der Waals surface area contributed by atoms with Crippen LogP contribution in [0.2, 0.25) is 0 Å². The van der Waals surface area contributed by atoms with Crippen LogP contribution in [-0.2, 0) is 0 Å². The van der Waals surface area contributed by atoms with Gasteiger partial charge in [0.1, 0.15) is 0 Å². The van der Waals surface area contributed by atoms with E-state index in [9.17, 15) is 9.59 Å². The van der Waals surface area contributed by atoms with Crippen molar-refractivity contribution >= 4 is 38.8 Å². The molecule has 2 heterocycles. The van der Waals surface area contributed by atoms with Gasteiger partial charge in [-0.15, -0.1) is 0 Å². The zero-order chi connectivity index (χ0) is 18.1. The summed E-state index contributed by atoms with van der Waals surface area (Å²) in [5.74, 6) is -0.0132. The van der Waals surface area contributed by atoms with Crippen molar-refractivity contribution < 1.29 is 9.59 Å². The SMILES string of the molecule is O=C(c1ccc(Br)cc1)N1CCN(C(=O)c2ccc3nc[nH]c3c2)CC1. The van der Waals surface area contributed by atoms with E-state index in [4.69, 9.17) is 0 Å². The standard InChI is InChI=1S/C19H17BrN4O2/c20-15-4-1-13(2-5-15)18(25)23-7-9-24(10-8-23)19(26)14-3-6-16-17(11-14)22-12-21-16/h1-6,11-12H,7-10H2,(H,21,22). The third-order valence-corrected chi connectivity index (χ3v) is 5.14. The number of benzene rings is 2. The third-order valence-electron chi connectivity index (χ3n) is 4.61. The highest BCUT2D eigenvalue weighted by atomic mass is 79.9. The van der Waals surface area contributed by atoms with Gasteiger partial charge < -0.3 is 14.8 Å². The summed E-state index contributed by atoms with van der Waals surface area (Å²) in [7, 11) is 0. The van der Waals surface area contributed by atoms with Gasteiger partial charge in [0.15, 0.2) is 0 Å². The zero-order valence-electron chi connectivity index (χ0n) is 14.0. The van der Waals surface area contributed by atoms with Gasteiger partial charge in [-0.3, -0.25) is 9.59 Å². The van der Waals surface area contributed by atoms with Crippen LogP contribution in [-0.4, -0.2) is 57.8 Å². The van der Waals surface area contributed by atoms with Gasteiger partial charge in [-0.25, -0.2) is 4.98 Å². The lowest BCUT2D eigenvalue weighted by molar-refractivity contribution is 0.0535. The Morgan fingerprint density at radius 1 is 0.885 bits per heavy atom. The molecule has 4 rings (SSSR count). The summed E-state index contributed by atoms with van der Waals surface area (Å²) in [6.07, 6.45) is 1.62. The van der Waals surface area contributed by atoms with Gasteiger partial charge in [0, 0.05) is 41.8 Å². The minimum absolute atomic E-state index is 0.00322. The summed E-state index contributed by atoms with van der Waals surface area (Å²) in [5, 5.41) is 0. The fraction of sp³-hybridized carbons (Fsp3) is 0.211. The molecule has 0 atom stereocenters. The highest BCUT2D eigenvalue weighted by Crippen LogP contribution is 2.17. The molecule has 132 valence electrons. The third kappa shape index (κ3) is 3.22. The molecule has 6 nitrogen and oxygen atoms in total. The molecule has 0 radical (unpaired) electrons. The molecule has 2 amide bonds. The largest absolute Gasteiger partial charge is 0.345 e. The Hall–Kier alpha value is -2.67. The second-order valence-corrected chi connectivity index (χ2v) is 7.14. The number of hydrogen-bond donors (Lipinski definition) is 1. The van der Waals surface area contributed by atoms with Crippen LogP contribution in [0.15, 0.2) is 53.3 Å². The highest BCUT2D eigenvalue weighted by Gasteiger charge is 2.25. The van der Waals surface area contributed by atoms with Crippen LogP contribution in [0, 0.1) is 0 Å². The van der Waals surface area contributed by atoms with Gasteiger partial charge >= 0.3 is 0 Å². The number of fused-ring (bicyclic) bond motifs is 1. The first-order valence-electron chi connectivity index (χ1n) is 8.39. The van der Waals surface area contributed by atoms with Crippen molar-refractivity contribution in [2.75, 3.05) is 26.2 Å². The maximum absolute atomic E-state index is 12.7. The van der Waals surface area contributed by atoms with Gasteiger partial charge in [0.25, 0.3) is 11.8 Å². The molecule has 1 aliphatic rings. The number of carbonyl (C=O) groups excluding carboxylic acids is 2. The summed E-state index contributed by atoms with van der Waals surface area (Å²) in [4.78, 5) is 36.1. The Morgan fingerprint density at radius 3 is 2.12 bits per heavy atom. The Labute approximate surface area is 158 Å². The van der Waals surface area contributed by atoms with E-state index in [0.717, 1.165) is 15.5 Å². The lowest BCUT2D eigenvalue weighted by Gasteiger charge is -2.35. The molecule has 26 heavy (non-hydrogen) atoms. The first-order valence-corrected chi connectivity index (χ1v) is 9.18. The summed E-state index contributed by atoms with van der Waals surface area (Å²) in [6.45, 7) is 2.13. The van der Waals surface area contributed by atoms with Crippen molar-refractivity contribution in [3.05, 3.63) is 64.4 Å². The molecule has 1 aromatic heterocycles. The summed E-state index contributed by atoms with van der Waals surface area (Å²) < 4.78 is 0.943. The van der Waals surface area contributed by atoms with Crippen LogP contribution in [0.4, 0.5) is 0 Å². The van der Waals surface area contributed by atoms with Gasteiger partial charge in [-0.2, -0.15) is 0 Å². The van der Waals surface area contributed by atoms with E-state index >= 15 is 0 Å². The van der Waals surface area contributed by atoms with Crippen LogP contribution >= 0.6 is 15.9 Å². The Bertz CT molecular complexity index is 959. The van der Waals surface area contributed by atoms with Crippen LogP contribution < -0.4 is 0 Å². The fourth-order valence-electron chi connectivity index (χ4n) is 3.14. The average Bonchev–Trinajstić information content (AvgIpc) is 3.15. The molecule has 0 saturated carbocycles. The normalized spacial score (nSPS) is 14.7. The first-order chi connectivity index (χ1) is 12.6. The molecule has 1 saturated heterocycles. The van der Waals surface area contributed by atoms with E-state index in [1.807, 2.05) is 36.4 Å². The molecule has 1 N–H and O–H groups in total. The lowest BCUT2D eigenvalue weighted by Crippen LogP contribution is -2.50. The molecule has 0 spiro atoms. The maximum atomic E-state index is 12.7. The second kappa shape index (κ2) is 6.92. The number of piperazine rings is 1. The number of aromatic amines is 1. The van der Waals surface area contributed by atoms with Crippen molar-refractivity contribution in [1.29, 1.82) is 0 Å². The number of amides is 2. The molecule has 3 aromatic rings. The summed E-state index contributed by atoms with van der Waals surface area (Å²) in [6, 6.07) is 12.8. The van der Waals surface area contributed by atoms with E-state index in [-0.39, 0.29) is 11.8 Å². The Balaban J connectivity index is 1.41. The van der Waals surface area contributed by atoms with Gasteiger partial charge in [0.2, 0.25) is 0 Å². The second-order valence-electron chi connectivity index (χ2n) is 6.23. The Kier molecular flexibility index (Phi) is 4.46. The first kappa shape index (κ1) is 16.8. The number of rotatable bonds is 2. The number of halogens is 1. The van der Waals surface area contributed by atoms with Crippen molar-refractivity contribution in [2.24, 2.45) is 0 Å². The van der Waals surface area contributed by atoms with Crippen molar-refractivity contribution in [1.82, 2.24) is 19.8 Å². The molecule has 1 aliphatic heterocycles. The quantitative estimate of drug-likeness (QED) is 0.703. The van der Waals surface area contributed by atoms with Crippen LogP contribution in [0.1, 0.15) is 20.7 Å². The molecular weight excluding hydrogens is 396 g/mol. The molecular formula is C19H17BrN4O2. The number of H-pyrrole nitrogens is 1. The van der Waals surface area contributed by atoms with E-state index in [1.165, 1.54) is 0 Å². The predicted molar refractivity (Wildman–Crippen MR) is 102 cm³/mol. The highest BCUT2D eigenvalue weighted by molar-refractivity contribution is 9.10. The Morgan fingerprint density at radius 2 is 1.46 bits per heavy atom. The number of nitrogens with zero attached hydrogens (tertiary/aromatic N) is 3. The van der Waals surface area contributed by atoms with E-state index < -0.39 is 0 Å². The molecule has 1 fully saturated rings. The number of hydrogen-bond acceptors (Lipinski definition) is 3. The van der Waals surface area contributed by atoms with Gasteiger partial charge in [-0.1, -0.05) is 15.9 Å². The van der Waals surface area contributed by atoms with Gasteiger partial charge in [-0.05, 0) is 42.5 Å². The number of imidazole rings is 1. The van der Waals surface area contributed by atoms with Crippen molar-refractivity contribution in [3.63, 3.8) is 0 Å². The van der Waals surface area contributed by atoms with E-state index in [2.05, 4.69) is 25.9 Å². The monoisotopic (exact) mass is 412 g/mol. The minimum Gasteiger partial charge on any atom is -0.345 e.